The van der Waals surface area contributed by atoms with Crippen LogP contribution in [-0.2, 0) is 4.74 Å². The van der Waals surface area contributed by atoms with Gasteiger partial charge in [0.1, 0.15) is 0 Å². The minimum Gasteiger partial charge on any atom is -0.392 e. The molecule has 3 nitrogen and oxygen atoms in total. The topological polar surface area (TPSA) is 32.7 Å². The molecule has 1 rings (SSSR count). The zero-order valence-electron chi connectivity index (χ0n) is 7.83. The predicted molar refractivity (Wildman–Crippen MR) is 48.2 cm³/mol. The maximum Gasteiger partial charge on any atom is 0.0679 e. The van der Waals surface area contributed by atoms with Crippen molar-refractivity contribution in [2.45, 2.75) is 25.9 Å². The van der Waals surface area contributed by atoms with E-state index in [-0.39, 0.29) is 6.10 Å². The second-order valence-corrected chi connectivity index (χ2v) is 3.29. The molecular formula is C9H19NO2. The van der Waals surface area contributed by atoms with Crippen molar-refractivity contribution in [2.24, 2.45) is 0 Å². The van der Waals surface area contributed by atoms with Gasteiger partial charge in [0.2, 0.25) is 0 Å². The Kier molecular flexibility index (Phi) is 4.58. The lowest BCUT2D eigenvalue weighted by atomic mass is 10.3. The zero-order valence-corrected chi connectivity index (χ0v) is 7.83. The maximum absolute atomic E-state index is 9.23. The fourth-order valence-electron chi connectivity index (χ4n) is 1.55. The van der Waals surface area contributed by atoms with E-state index in [0.29, 0.717) is 0 Å². The lowest BCUT2D eigenvalue weighted by Gasteiger charge is -2.13. The van der Waals surface area contributed by atoms with Crippen LogP contribution >= 0.6 is 0 Å². The molecule has 1 aliphatic rings. The Bertz CT molecular complexity index is 119. The molecule has 1 aliphatic heterocycles. The van der Waals surface area contributed by atoms with Gasteiger partial charge >= 0.3 is 0 Å². The molecule has 1 saturated heterocycles. The van der Waals surface area contributed by atoms with Crippen LogP contribution in [0.4, 0.5) is 0 Å². The fourth-order valence-corrected chi connectivity index (χ4v) is 1.55. The molecule has 0 amide bonds. The summed E-state index contributed by atoms with van der Waals surface area (Å²) in [6, 6.07) is 0. The van der Waals surface area contributed by atoms with Gasteiger partial charge in [0.15, 0.2) is 0 Å². The quantitative estimate of drug-likeness (QED) is 0.614. The number of nitrogens with zero attached hydrogens (tertiary/aromatic N) is 1. The van der Waals surface area contributed by atoms with Crippen LogP contribution in [0, 0.1) is 0 Å². The monoisotopic (exact) mass is 173 g/mol. The van der Waals surface area contributed by atoms with Gasteiger partial charge in [-0.1, -0.05) is 0 Å². The number of aliphatic hydroxyl groups excluding tert-OH is 1. The van der Waals surface area contributed by atoms with Gasteiger partial charge in [0.05, 0.1) is 6.10 Å². The third kappa shape index (κ3) is 3.52. The standard InChI is InChI=1S/C9H19NO2/c1-2-12-7-3-5-10-6-4-9(11)8-10/h9,11H,2-8H2,1H3. The molecule has 0 aromatic heterocycles. The van der Waals surface area contributed by atoms with Crippen LogP contribution in [0.15, 0.2) is 0 Å². The third-order valence-electron chi connectivity index (χ3n) is 2.21. The largest absolute Gasteiger partial charge is 0.392 e. The molecule has 0 radical (unpaired) electrons. The Morgan fingerprint density at radius 1 is 1.58 bits per heavy atom. The molecule has 1 N–H and O–H groups in total. The van der Waals surface area contributed by atoms with E-state index in [4.69, 9.17) is 4.74 Å². The summed E-state index contributed by atoms with van der Waals surface area (Å²) in [7, 11) is 0. The van der Waals surface area contributed by atoms with E-state index >= 15 is 0 Å². The first-order chi connectivity index (χ1) is 5.83. The number of hydrogen-bond acceptors (Lipinski definition) is 3. The summed E-state index contributed by atoms with van der Waals surface area (Å²) in [4.78, 5) is 2.30. The van der Waals surface area contributed by atoms with Gasteiger partial charge in [0, 0.05) is 32.8 Å². The van der Waals surface area contributed by atoms with Gasteiger partial charge in [-0.2, -0.15) is 0 Å². The van der Waals surface area contributed by atoms with Crippen molar-refractivity contribution in [2.75, 3.05) is 32.8 Å². The van der Waals surface area contributed by atoms with E-state index in [2.05, 4.69) is 4.90 Å². The number of β-amino-alcohol motifs (C(OH)–C–C–N with tert-alkyl or cyclic N) is 1. The Hall–Kier alpha value is -0.120. The van der Waals surface area contributed by atoms with Crippen LogP contribution in [0.2, 0.25) is 0 Å². The third-order valence-corrected chi connectivity index (χ3v) is 2.21. The van der Waals surface area contributed by atoms with Crippen LogP contribution in [-0.4, -0.2) is 49.0 Å². The lowest BCUT2D eigenvalue weighted by Crippen LogP contribution is -2.24. The van der Waals surface area contributed by atoms with Crippen LogP contribution in [0.5, 0.6) is 0 Å². The highest BCUT2D eigenvalue weighted by Gasteiger charge is 2.18. The molecule has 0 aliphatic carbocycles. The SMILES string of the molecule is CCOCCCN1CCC(O)C1. The van der Waals surface area contributed by atoms with Crippen LogP contribution in [0.3, 0.4) is 0 Å². The smallest absolute Gasteiger partial charge is 0.0679 e. The summed E-state index contributed by atoms with van der Waals surface area (Å²) >= 11 is 0. The summed E-state index contributed by atoms with van der Waals surface area (Å²) < 4.78 is 5.23. The van der Waals surface area contributed by atoms with Crippen molar-refractivity contribution in [3.63, 3.8) is 0 Å². The van der Waals surface area contributed by atoms with E-state index < -0.39 is 0 Å². The average Bonchev–Trinajstić information content (AvgIpc) is 2.45. The Balaban J connectivity index is 1.93. The highest BCUT2D eigenvalue weighted by molar-refractivity contribution is 4.73. The number of ether oxygens (including phenoxy) is 1. The van der Waals surface area contributed by atoms with Gasteiger partial charge in [-0.15, -0.1) is 0 Å². The summed E-state index contributed by atoms with van der Waals surface area (Å²) in [5.74, 6) is 0. The molecule has 1 unspecified atom stereocenters. The van der Waals surface area contributed by atoms with Crippen molar-refractivity contribution < 1.29 is 9.84 Å². The van der Waals surface area contributed by atoms with Crippen molar-refractivity contribution in [1.82, 2.24) is 4.90 Å². The van der Waals surface area contributed by atoms with Crippen LogP contribution < -0.4 is 0 Å². The van der Waals surface area contributed by atoms with E-state index in [0.717, 1.165) is 45.7 Å². The van der Waals surface area contributed by atoms with Gasteiger partial charge in [-0.25, -0.2) is 0 Å². The molecule has 0 spiro atoms. The van der Waals surface area contributed by atoms with Crippen LogP contribution in [0.1, 0.15) is 19.8 Å². The minimum atomic E-state index is -0.0860. The Morgan fingerprint density at radius 3 is 3.00 bits per heavy atom. The maximum atomic E-state index is 9.23. The average molecular weight is 173 g/mol. The first kappa shape index (κ1) is 9.96. The van der Waals surface area contributed by atoms with Crippen molar-refractivity contribution in [3.8, 4) is 0 Å². The van der Waals surface area contributed by atoms with Gasteiger partial charge in [-0.05, 0) is 19.8 Å². The fraction of sp³-hybridized carbons (Fsp3) is 1.00. The first-order valence-corrected chi connectivity index (χ1v) is 4.81. The van der Waals surface area contributed by atoms with E-state index in [1.54, 1.807) is 0 Å². The molecule has 1 fully saturated rings. The molecule has 1 atom stereocenters. The highest BCUT2D eigenvalue weighted by Crippen LogP contribution is 2.08. The number of aliphatic hydroxyl groups is 1. The molecule has 0 aromatic rings. The summed E-state index contributed by atoms with van der Waals surface area (Å²) in [5.41, 5.74) is 0. The van der Waals surface area contributed by atoms with Gasteiger partial charge in [0.25, 0.3) is 0 Å². The van der Waals surface area contributed by atoms with Crippen molar-refractivity contribution in [1.29, 1.82) is 0 Å². The number of likely N-dealkylation sites (tertiary alicyclic amines) is 1. The molecular weight excluding hydrogens is 154 g/mol. The molecule has 0 saturated carbocycles. The first-order valence-electron chi connectivity index (χ1n) is 4.81. The number of hydrogen-bond donors (Lipinski definition) is 1. The van der Waals surface area contributed by atoms with Crippen LogP contribution in [0.25, 0.3) is 0 Å². The molecule has 0 aromatic carbocycles. The normalized spacial score (nSPS) is 25.0. The van der Waals surface area contributed by atoms with Crippen molar-refractivity contribution >= 4 is 0 Å². The molecule has 0 bridgehead atoms. The second-order valence-electron chi connectivity index (χ2n) is 3.29. The zero-order chi connectivity index (χ0) is 8.81. The Morgan fingerprint density at radius 2 is 2.42 bits per heavy atom. The van der Waals surface area contributed by atoms with E-state index in [1.807, 2.05) is 6.92 Å². The molecule has 3 heteroatoms. The summed E-state index contributed by atoms with van der Waals surface area (Å²) in [6.45, 7) is 6.64. The number of rotatable bonds is 5. The lowest BCUT2D eigenvalue weighted by molar-refractivity contribution is 0.130. The van der Waals surface area contributed by atoms with E-state index in [9.17, 15) is 5.11 Å². The summed E-state index contributed by atoms with van der Waals surface area (Å²) in [6.07, 6.45) is 1.94. The second kappa shape index (κ2) is 5.51. The highest BCUT2D eigenvalue weighted by atomic mass is 16.5. The van der Waals surface area contributed by atoms with Gasteiger partial charge < -0.3 is 14.7 Å². The van der Waals surface area contributed by atoms with Crippen molar-refractivity contribution in [3.05, 3.63) is 0 Å². The minimum absolute atomic E-state index is 0.0860. The Labute approximate surface area is 74.3 Å². The molecule has 72 valence electrons. The molecule has 12 heavy (non-hydrogen) atoms. The molecule has 1 heterocycles. The van der Waals surface area contributed by atoms with Gasteiger partial charge in [-0.3, -0.25) is 0 Å². The van der Waals surface area contributed by atoms with E-state index in [1.165, 1.54) is 0 Å². The predicted octanol–water partition coefficient (Wildman–Crippen LogP) is 0.480. The summed E-state index contributed by atoms with van der Waals surface area (Å²) in [5, 5.41) is 9.23.